The van der Waals surface area contributed by atoms with Crippen molar-refractivity contribution >= 4 is 11.6 Å². The van der Waals surface area contributed by atoms with E-state index in [1.54, 1.807) is 6.20 Å². The fourth-order valence-electron chi connectivity index (χ4n) is 3.27. The Morgan fingerprint density at radius 2 is 1.80 bits per heavy atom. The first kappa shape index (κ1) is 17.1. The number of anilines is 2. The van der Waals surface area contributed by atoms with Crippen LogP contribution in [0.1, 0.15) is 36.5 Å². The molecule has 0 bridgehead atoms. The zero-order valence-corrected chi connectivity index (χ0v) is 15.0. The van der Waals surface area contributed by atoms with Gasteiger partial charge in [0.25, 0.3) is 0 Å². The minimum Gasteiger partial charge on any atom is -0.353 e. The quantitative estimate of drug-likeness (QED) is 0.842. The predicted octanol–water partition coefficient (Wildman–Crippen LogP) is 1.90. The highest BCUT2D eigenvalue weighted by molar-refractivity contribution is 5.59. The molecule has 0 radical (unpaired) electrons. The van der Waals surface area contributed by atoms with Gasteiger partial charge in [-0.1, -0.05) is 13.8 Å². The number of nitriles is 1. The van der Waals surface area contributed by atoms with Crippen molar-refractivity contribution in [2.45, 2.75) is 33.6 Å². The van der Waals surface area contributed by atoms with Crippen LogP contribution in [-0.4, -0.2) is 46.3 Å². The van der Waals surface area contributed by atoms with Gasteiger partial charge in [0.05, 0.1) is 5.69 Å². The third kappa shape index (κ3) is 3.38. The molecule has 0 atom stereocenters. The Balaban J connectivity index is 1.80. The number of hydrogen-bond acceptors (Lipinski definition) is 7. The summed E-state index contributed by atoms with van der Waals surface area (Å²) in [4.78, 5) is 13.1. The zero-order chi connectivity index (χ0) is 17.8. The van der Waals surface area contributed by atoms with E-state index >= 15 is 0 Å². The van der Waals surface area contributed by atoms with Crippen LogP contribution in [0.25, 0.3) is 0 Å². The normalized spacial score (nSPS) is 14.5. The average Bonchev–Trinajstić information content (AvgIpc) is 2.66. The molecule has 25 heavy (non-hydrogen) atoms. The second-order valence-electron chi connectivity index (χ2n) is 6.08. The van der Waals surface area contributed by atoms with Crippen LogP contribution >= 0.6 is 0 Å². The Morgan fingerprint density at radius 1 is 1.08 bits per heavy atom. The van der Waals surface area contributed by atoms with Gasteiger partial charge in [0, 0.05) is 32.4 Å². The summed E-state index contributed by atoms with van der Waals surface area (Å²) in [7, 11) is 0. The standard InChI is InChI=1S/C18H23N7/c1-4-14-15(12-19)18(23-22-16(14)5-2)25-10-8-24(9-11-25)17-6-7-20-13(3)21-17/h6-7H,4-5,8-11H2,1-3H3. The zero-order valence-electron chi connectivity index (χ0n) is 15.0. The molecule has 2 aromatic heterocycles. The van der Waals surface area contributed by atoms with Crippen molar-refractivity contribution < 1.29 is 0 Å². The van der Waals surface area contributed by atoms with Crippen molar-refractivity contribution in [3.8, 4) is 6.07 Å². The monoisotopic (exact) mass is 337 g/mol. The molecule has 0 aliphatic carbocycles. The van der Waals surface area contributed by atoms with Gasteiger partial charge in [-0.25, -0.2) is 9.97 Å². The lowest BCUT2D eigenvalue weighted by Crippen LogP contribution is -2.47. The maximum absolute atomic E-state index is 9.67. The van der Waals surface area contributed by atoms with E-state index in [0.29, 0.717) is 5.56 Å². The predicted molar refractivity (Wildman–Crippen MR) is 96.7 cm³/mol. The molecule has 2 aromatic rings. The molecule has 0 unspecified atom stereocenters. The maximum Gasteiger partial charge on any atom is 0.169 e. The van der Waals surface area contributed by atoms with Crippen molar-refractivity contribution in [2.75, 3.05) is 36.0 Å². The molecule has 1 aliphatic heterocycles. The number of rotatable bonds is 4. The van der Waals surface area contributed by atoms with Crippen molar-refractivity contribution in [3.63, 3.8) is 0 Å². The average molecular weight is 337 g/mol. The second-order valence-corrected chi connectivity index (χ2v) is 6.08. The summed E-state index contributed by atoms with van der Waals surface area (Å²) in [5.41, 5.74) is 2.64. The van der Waals surface area contributed by atoms with E-state index in [1.807, 2.05) is 19.9 Å². The van der Waals surface area contributed by atoms with E-state index in [9.17, 15) is 5.26 Å². The lowest BCUT2D eigenvalue weighted by molar-refractivity contribution is 0.633. The van der Waals surface area contributed by atoms with Crippen molar-refractivity contribution in [3.05, 3.63) is 34.9 Å². The fourth-order valence-corrected chi connectivity index (χ4v) is 3.27. The van der Waals surface area contributed by atoms with Gasteiger partial charge in [-0.15, -0.1) is 5.10 Å². The van der Waals surface area contributed by atoms with Crippen LogP contribution in [0, 0.1) is 18.3 Å². The number of aromatic nitrogens is 4. The summed E-state index contributed by atoms with van der Waals surface area (Å²) < 4.78 is 0. The third-order valence-electron chi connectivity index (χ3n) is 4.60. The SMILES string of the molecule is CCc1nnc(N2CCN(c3ccnc(C)n3)CC2)c(C#N)c1CC. The van der Waals surface area contributed by atoms with Crippen LogP contribution in [0.5, 0.6) is 0 Å². The molecule has 1 fully saturated rings. The molecular weight excluding hydrogens is 314 g/mol. The molecule has 3 heterocycles. The minimum atomic E-state index is 0.681. The van der Waals surface area contributed by atoms with Crippen LogP contribution in [0.3, 0.4) is 0 Å². The molecule has 7 heteroatoms. The Labute approximate surface area is 148 Å². The summed E-state index contributed by atoms with van der Waals surface area (Å²) >= 11 is 0. The number of nitrogens with zero attached hydrogens (tertiary/aromatic N) is 7. The van der Waals surface area contributed by atoms with Crippen molar-refractivity contribution in [1.29, 1.82) is 5.26 Å². The van der Waals surface area contributed by atoms with E-state index in [-0.39, 0.29) is 0 Å². The van der Waals surface area contributed by atoms with Gasteiger partial charge in [-0.05, 0) is 31.4 Å². The van der Waals surface area contributed by atoms with E-state index in [2.05, 4.69) is 43.0 Å². The molecular formula is C18H23N7. The summed E-state index contributed by atoms with van der Waals surface area (Å²) in [5.74, 6) is 2.45. The highest BCUT2D eigenvalue weighted by atomic mass is 15.3. The topological polar surface area (TPSA) is 81.8 Å². The van der Waals surface area contributed by atoms with Crippen LogP contribution in [-0.2, 0) is 12.8 Å². The minimum absolute atomic E-state index is 0.681. The van der Waals surface area contributed by atoms with Gasteiger partial charge in [-0.3, -0.25) is 0 Å². The highest BCUT2D eigenvalue weighted by Gasteiger charge is 2.24. The van der Waals surface area contributed by atoms with E-state index in [4.69, 9.17) is 0 Å². The first-order chi connectivity index (χ1) is 12.2. The van der Waals surface area contributed by atoms with Gasteiger partial charge >= 0.3 is 0 Å². The second kappa shape index (κ2) is 7.43. The van der Waals surface area contributed by atoms with Crippen molar-refractivity contribution in [2.24, 2.45) is 0 Å². The lowest BCUT2D eigenvalue weighted by Gasteiger charge is -2.36. The van der Waals surface area contributed by atoms with Crippen LogP contribution in [0.15, 0.2) is 12.3 Å². The molecule has 0 saturated carbocycles. The van der Waals surface area contributed by atoms with Gasteiger partial charge < -0.3 is 9.80 Å². The molecule has 1 aliphatic rings. The van der Waals surface area contributed by atoms with E-state index in [1.165, 1.54) is 0 Å². The fraction of sp³-hybridized carbons (Fsp3) is 0.500. The molecule has 0 N–H and O–H groups in total. The Morgan fingerprint density at radius 3 is 2.40 bits per heavy atom. The Hall–Kier alpha value is -2.75. The summed E-state index contributed by atoms with van der Waals surface area (Å²) in [6.45, 7) is 9.26. The molecule has 130 valence electrons. The number of hydrogen-bond donors (Lipinski definition) is 0. The first-order valence-electron chi connectivity index (χ1n) is 8.76. The van der Waals surface area contributed by atoms with Gasteiger partial charge in [0.15, 0.2) is 5.82 Å². The van der Waals surface area contributed by atoms with Gasteiger partial charge in [0.2, 0.25) is 0 Å². The summed E-state index contributed by atoms with van der Waals surface area (Å²) in [6, 6.07) is 4.30. The molecule has 0 spiro atoms. The third-order valence-corrected chi connectivity index (χ3v) is 4.60. The van der Waals surface area contributed by atoms with Crippen LogP contribution in [0.4, 0.5) is 11.6 Å². The summed E-state index contributed by atoms with van der Waals surface area (Å²) in [6.07, 6.45) is 3.39. The van der Waals surface area contributed by atoms with Crippen LogP contribution < -0.4 is 9.80 Å². The van der Waals surface area contributed by atoms with E-state index < -0.39 is 0 Å². The smallest absolute Gasteiger partial charge is 0.169 e. The largest absolute Gasteiger partial charge is 0.353 e. The number of aryl methyl sites for hydroxylation is 2. The maximum atomic E-state index is 9.67. The molecule has 1 saturated heterocycles. The molecule has 0 amide bonds. The molecule has 3 rings (SSSR count). The van der Waals surface area contributed by atoms with Crippen LogP contribution in [0.2, 0.25) is 0 Å². The van der Waals surface area contributed by atoms with Crippen molar-refractivity contribution in [1.82, 2.24) is 20.2 Å². The number of piperazine rings is 1. The Kier molecular flexibility index (Phi) is 5.08. The highest BCUT2D eigenvalue weighted by Crippen LogP contribution is 2.25. The first-order valence-corrected chi connectivity index (χ1v) is 8.76. The van der Waals surface area contributed by atoms with E-state index in [0.717, 1.165) is 67.7 Å². The molecule has 7 nitrogen and oxygen atoms in total. The molecule has 0 aromatic carbocycles. The Bertz CT molecular complexity index is 788. The van der Waals surface area contributed by atoms with Gasteiger partial charge in [0.1, 0.15) is 23.3 Å². The van der Waals surface area contributed by atoms with Gasteiger partial charge in [-0.2, -0.15) is 10.4 Å². The summed E-state index contributed by atoms with van der Waals surface area (Å²) in [5, 5.41) is 18.4. The lowest BCUT2D eigenvalue weighted by atomic mass is 10.0.